The third-order valence-corrected chi connectivity index (χ3v) is 4.15. The van der Waals surface area contributed by atoms with E-state index in [1.54, 1.807) is 44.3 Å². The smallest absolute Gasteiger partial charge is 0.258 e. The van der Waals surface area contributed by atoms with Crippen LogP contribution in [-0.2, 0) is 6.61 Å². The second kappa shape index (κ2) is 8.84. The molecule has 0 aliphatic carbocycles. The van der Waals surface area contributed by atoms with Gasteiger partial charge < -0.3 is 19.3 Å². The quantitative estimate of drug-likeness (QED) is 0.631. The van der Waals surface area contributed by atoms with Gasteiger partial charge in [0.05, 0.1) is 18.4 Å². The minimum atomic E-state index is -0.962. The summed E-state index contributed by atoms with van der Waals surface area (Å²) in [6.07, 6.45) is 1.66. The van der Waals surface area contributed by atoms with Gasteiger partial charge in [0.15, 0.2) is 11.5 Å². The molecule has 1 aromatic heterocycles. The highest BCUT2D eigenvalue weighted by atomic mass is 16.5. The first-order chi connectivity index (χ1) is 13.9. The van der Waals surface area contributed by atoms with E-state index in [9.17, 15) is 9.90 Å². The average Bonchev–Trinajstić information content (AvgIpc) is 2.71. The van der Waals surface area contributed by atoms with Crippen molar-refractivity contribution in [1.82, 2.24) is 4.57 Å². The fourth-order valence-electron chi connectivity index (χ4n) is 2.68. The van der Waals surface area contributed by atoms with Gasteiger partial charge in [0.25, 0.3) is 5.56 Å². The molecule has 0 saturated heterocycles. The van der Waals surface area contributed by atoms with E-state index in [1.807, 2.05) is 30.3 Å². The maximum Gasteiger partial charge on any atom is 0.258 e. The molecule has 0 radical (unpaired) electrons. The summed E-state index contributed by atoms with van der Waals surface area (Å²) in [6, 6.07) is 18.2. The van der Waals surface area contributed by atoms with Crippen molar-refractivity contribution in [3.05, 3.63) is 82.8 Å². The first kappa shape index (κ1) is 20.5. The Morgan fingerprint density at radius 2 is 1.72 bits per heavy atom. The van der Waals surface area contributed by atoms with Gasteiger partial charge >= 0.3 is 0 Å². The third kappa shape index (κ3) is 5.62. The Labute approximate surface area is 169 Å². The highest BCUT2D eigenvalue weighted by Crippen LogP contribution is 2.30. The fourth-order valence-corrected chi connectivity index (χ4v) is 2.68. The topological polar surface area (TPSA) is 69.9 Å². The van der Waals surface area contributed by atoms with Crippen molar-refractivity contribution in [2.24, 2.45) is 0 Å². The van der Waals surface area contributed by atoms with E-state index in [4.69, 9.17) is 14.2 Å². The van der Waals surface area contributed by atoms with Crippen LogP contribution >= 0.6 is 0 Å². The molecule has 3 rings (SSSR count). The van der Waals surface area contributed by atoms with Gasteiger partial charge in [-0.2, -0.15) is 0 Å². The summed E-state index contributed by atoms with van der Waals surface area (Å²) in [5, 5.41) is 9.83. The summed E-state index contributed by atoms with van der Waals surface area (Å²) < 4.78 is 18.2. The lowest BCUT2D eigenvalue weighted by molar-refractivity contribution is 0.0276. The number of ether oxygens (including phenoxy) is 3. The van der Waals surface area contributed by atoms with Gasteiger partial charge in [0.2, 0.25) is 0 Å². The van der Waals surface area contributed by atoms with E-state index in [0.717, 1.165) is 5.56 Å². The first-order valence-electron chi connectivity index (χ1n) is 9.29. The zero-order valence-electron chi connectivity index (χ0n) is 16.8. The first-order valence-corrected chi connectivity index (χ1v) is 9.29. The Morgan fingerprint density at radius 1 is 0.966 bits per heavy atom. The van der Waals surface area contributed by atoms with Crippen LogP contribution in [0, 0.1) is 0 Å². The molecule has 29 heavy (non-hydrogen) atoms. The van der Waals surface area contributed by atoms with Crippen LogP contribution in [0.15, 0.2) is 71.7 Å². The monoisotopic (exact) mass is 395 g/mol. The Hall–Kier alpha value is -3.25. The maximum absolute atomic E-state index is 12.6. The van der Waals surface area contributed by atoms with Crippen LogP contribution in [0.4, 0.5) is 0 Å². The molecular formula is C23H25NO5. The molecular weight excluding hydrogens is 370 g/mol. The largest absolute Gasteiger partial charge is 0.493 e. The van der Waals surface area contributed by atoms with Crippen molar-refractivity contribution in [2.75, 3.05) is 13.7 Å². The summed E-state index contributed by atoms with van der Waals surface area (Å²) in [4.78, 5) is 12.6. The molecule has 6 nitrogen and oxygen atoms in total. The number of benzene rings is 2. The number of hydrogen-bond acceptors (Lipinski definition) is 5. The lowest BCUT2D eigenvalue weighted by Crippen LogP contribution is -2.28. The zero-order valence-corrected chi connectivity index (χ0v) is 16.8. The molecule has 6 heteroatoms. The van der Waals surface area contributed by atoms with Crippen LogP contribution in [0.25, 0.3) is 5.69 Å². The van der Waals surface area contributed by atoms with Crippen LogP contribution in [-0.4, -0.2) is 29.0 Å². The Kier molecular flexibility index (Phi) is 6.24. The van der Waals surface area contributed by atoms with E-state index in [0.29, 0.717) is 29.5 Å². The second-order valence-electron chi connectivity index (χ2n) is 7.28. The van der Waals surface area contributed by atoms with E-state index in [1.165, 1.54) is 17.7 Å². The Bertz CT molecular complexity index is 1010. The molecule has 0 fully saturated rings. The van der Waals surface area contributed by atoms with Crippen molar-refractivity contribution < 1.29 is 19.3 Å². The number of methoxy groups -OCH3 is 1. The van der Waals surface area contributed by atoms with E-state index in [2.05, 4.69) is 0 Å². The van der Waals surface area contributed by atoms with Crippen LogP contribution in [0.1, 0.15) is 19.4 Å². The van der Waals surface area contributed by atoms with Crippen LogP contribution in [0.3, 0.4) is 0 Å². The predicted molar refractivity (Wildman–Crippen MR) is 111 cm³/mol. The van der Waals surface area contributed by atoms with Crippen molar-refractivity contribution in [1.29, 1.82) is 0 Å². The van der Waals surface area contributed by atoms with Gasteiger partial charge in [-0.15, -0.1) is 0 Å². The fraction of sp³-hybridized carbons (Fsp3) is 0.261. The maximum atomic E-state index is 12.6. The minimum Gasteiger partial charge on any atom is -0.493 e. The highest BCUT2D eigenvalue weighted by molar-refractivity contribution is 5.49. The lowest BCUT2D eigenvalue weighted by atomic mass is 10.2. The number of aliphatic hydroxyl groups is 1. The third-order valence-electron chi connectivity index (χ3n) is 4.15. The molecule has 0 aliphatic heterocycles. The summed E-state index contributed by atoms with van der Waals surface area (Å²) in [5.41, 5.74) is 0.485. The van der Waals surface area contributed by atoms with Crippen molar-refractivity contribution in [3.63, 3.8) is 0 Å². The molecule has 0 aliphatic rings. The number of aromatic nitrogens is 1. The van der Waals surface area contributed by atoms with Gasteiger partial charge in [-0.3, -0.25) is 9.36 Å². The Morgan fingerprint density at radius 3 is 2.38 bits per heavy atom. The normalized spacial score (nSPS) is 11.2. The molecule has 152 valence electrons. The van der Waals surface area contributed by atoms with Crippen molar-refractivity contribution in [3.8, 4) is 22.9 Å². The Balaban J connectivity index is 1.77. The van der Waals surface area contributed by atoms with Crippen LogP contribution in [0.5, 0.6) is 17.2 Å². The molecule has 0 spiro atoms. The molecule has 0 atom stereocenters. The number of nitrogens with zero attached hydrogens (tertiary/aromatic N) is 1. The van der Waals surface area contributed by atoms with Crippen LogP contribution < -0.4 is 19.8 Å². The summed E-state index contributed by atoms with van der Waals surface area (Å²) >= 11 is 0. The van der Waals surface area contributed by atoms with Crippen molar-refractivity contribution in [2.45, 2.75) is 26.1 Å². The molecule has 2 aromatic carbocycles. The molecule has 0 saturated carbocycles. The van der Waals surface area contributed by atoms with Crippen LogP contribution in [0.2, 0.25) is 0 Å². The standard InChI is InChI=1S/C23H25NO5/c1-23(2,26)16-29-20-10-9-18(13-21(20)27-3)24-12-11-19(14-22(24)25)28-15-17-7-5-4-6-8-17/h4-14,26H,15-16H2,1-3H3. The van der Waals surface area contributed by atoms with Gasteiger partial charge in [-0.1, -0.05) is 30.3 Å². The predicted octanol–water partition coefficient (Wildman–Crippen LogP) is 3.57. The van der Waals surface area contributed by atoms with Gasteiger partial charge in [-0.05, 0) is 37.6 Å². The molecule has 3 aromatic rings. The average molecular weight is 395 g/mol. The molecule has 0 amide bonds. The lowest BCUT2D eigenvalue weighted by Gasteiger charge is -2.19. The summed E-state index contributed by atoms with van der Waals surface area (Å²) in [5.74, 6) is 1.48. The SMILES string of the molecule is COc1cc(-n2ccc(OCc3ccccc3)cc2=O)ccc1OCC(C)(C)O. The molecule has 1 heterocycles. The summed E-state index contributed by atoms with van der Waals surface area (Å²) in [6.45, 7) is 3.84. The number of pyridine rings is 1. The highest BCUT2D eigenvalue weighted by Gasteiger charge is 2.16. The molecule has 1 N–H and O–H groups in total. The van der Waals surface area contributed by atoms with Crippen molar-refractivity contribution >= 4 is 0 Å². The molecule has 0 unspecified atom stereocenters. The molecule has 0 bridgehead atoms. The van der Waals surface area contributed by atoms with Gasteiger partial charge in [0, 0.05) is 18.3 Å². The number of hydrogen-bond donors (Lipinski definition) is 1. The zero-order chi connectivity index (χ0) is 20.9. The second-order valence-corrected chi connectivity index (χ2v) is 7.28. The van der Waals surface area contributed by atoms with E-state index >= 15 is 0 Å². The van der Waals surface area contributed by atoms with E-state index < -0.39 is 5.60 Å². The minimum absolute atomic E-state index is 0.121. The summed E-state index contributed by atoms with van der Waals surface area (Å²) in [7, 11) is 1.53. The number of rotatable bonds is 8. The van der Waals surface area contributed by atoms with Gasteiger partial charge in [0.1, 0.15) is 19.0 Å². The van der Waals surface area contributed by atoms with E-state index in [-0.39, 0.29) is 12.2 Å². The van der Waals surface area contributed by atoms with Gasteiger partial charge in [-0.25, -0.2) is 0 Å².